The molecule has 162 valence electrons. The third-order valence-corrected chi connectivity index (χ3v) is 6.52. The van der Waals surface area contributed by atoms with Crippen LogP contribution in [-0.4, -0.2) is 50.3 Å². The van der Waals surface area contributed by atoms with Gasteiger partial charge in [-0.05, 0) is 37.5 Å². The Balaban J connectivity index is 1.50. The van der Waals surface area contributed by atoms with Crippen LogP contribution >= 0.6 is 11.8 Å². The van der Waals surface area contributed by atoms with Crippen LogP contribution in [0.25, 0.3) is 11.4 Å². The van der Waals surface area contributed by atoms with E-state index in [9.17, 15) is 9.59 Å². The normalized spacial score (nSPS) is 14.7. The summed E-state index contributed by atoms with van der Waals surface area (Å²) >= 11 is 1.36. The van der Waals surface area contributed by atoms with Crippen molar-refractivity contribution in [2.24, 2.45) is 11.7 Å². The number of piperidine rings is 1. The molecule has 1 aromatic carbocycles. The third-order valence-electron chi connectivity index (χ3n) is 5.57. The zero-order valence-electron chi connectivity index (χ0n) is 17.4. The van der Waals surface area contributed by atoms with Crippen LogP contribution in [0.2, 0.25) is 0 Å². The van der Waals surface area contributed by atoms with Crippen LogP contribution in [0, 0.1) is 12.8 Å². The Kier molecular flexibility index (Phi) is 6.41. The molecule has 1 aliphatic rings. The first-order valence-corrected chi connectivity index (χ1v) is 11.2. The van der Waals surface area contributed by atoms with Gasteiger partial charge in [0.05, 0.1) is 18.6 Å². The molecule has 9 heteroatoms. The fourth-order valence-electron chi connectivity index (χ4n) is 3.75. The number of hydrogen-bond donors (Lipinski definition) is 1. The molecule has 0 radical (unpaired) electrons. The van der Waals surface area contributed by atoms with Crippen LogP contribution in [0.15, 0.2) is 52.2 Å². The molecule has 31 heavy (non-hydrogen) atoms. The number of nitrogens with zero attached hydrogens (tertiary/aromatic N) is 4. The van der Waals surface area contributed by atoms with Crippen molar-refractivity contribution in [2.75, 3.05) is 18.8 Å². The molecule has 2 aromatic heterocycles. The Hall–Kier alpha value is -3.07. The van der Waals surface area contributed by atoms with E-state index in [-0.39, 0.29) is 23.5 Å². The number of thioether (sulfide) groups is 1. The predicted molar refractivity (Wildman–Crippen MR) is 117 cm³/mol. The van der Waals surface area contributed by atoms with Crippen LogP contribution in [0.1, 0.15) is 24.2 Å². The Morgan fingerprint density at radius 1 is 1.16 bits per heavy atom. The van der Waals surface area contributed by atoms with Crippen molar-refractivity contribution in [2.45, 2.75) is 31.5 Å². The predicted octanol–water partition coefficient (Wildman–Crippen LogP) is 2.71. The minimum atomic E-state index is -0.281. The highest BCUT2D eigenvalue weighted by molar-refractivity contribution is 7.99. The number of likely N-dealkylation sites (tertiary alicyclic amines) is 1. The average molecular weight is 440 g/mol. The third kappa shape index (κ3) is 4.82. The van der Waals surface area contributed by atoms with Gasteiger partial charge in [-0.1, -0.05) is 36.0 Å². The van der Waals surface area contributed by atoms with Crippen molar-refractivity contribution >= 4 is 23.6 Å². The van der Waals surface area contributed by atoms with Gasteiger partial charge in [0.1, 0.15) is 5.76 Å². The molecular weight excluding hydrogens is 414 g/mol. The Morgan fingerprint density at radius 2 is 1.94 bits per heavy atom. The maximum absolute atomic E-state index is 12.7. The molecule has 2 amide bonds. The lowest BCUT2D eigenvalue weighted by atomic mass is 9.96. The molecular formula is C22H25N5O3S. The van der Waals surface area contributed by atoms with E-state index >= 15 is 0 Å². The highest BCUT2D eigenvalue weighted by atomic mass is 32.2. The van der Waals surface area contributed by atoms with Gasteiger partial charge in [-0.3, -0.25) is 14.2 Å². The average Bonchev–Trinajstić information content (AvgIpc) is 3.43. The molecule has 0 bridgehead atoms. The molecule has 8 nitrogen and oxygen atoms in total. The lowest BCUT2D eigenvalue weighted by molar-refractivity contribution is -0.132. The number of aromatic nitrogens is 3. The SMILES string of the molecule is Cc1ccccc1-c1nnc(SCC(=O)N2CCC(C(N)=O)CC2)n1Cc1ccco1. The van der Waals surface area contributed by atoms with Gasteiger partial charge < -0.3 is 15.1 Å². The molecule has 0 atom stereocenters. The number of benzene rings is 1. The van der Waals surface area contributed by atoms with Gasteiger partial charge in [-0.2, -0.15) is 0 Å². The van der Waals surface area contributed by atoms with Crippen LogP contribution < -0.4 is 5.73 Å². The first-order chi connectivity index (χ1) is 15.0. The van der Waals surface area contributed by atoms with E-state index in [1.807, 2.05) is 47.9 Å². The van der Waals surface area contributed by atoms with Crippen molar-refractivity contribution in [3.63, 3.8) is 0 Å². The number of furan rings is 1. The number of carbonyl (C=O) groups excluding carboxylic acids is 2. The molecule has 3 aromatic rings. The Labute approximate surface area is 184 Å². The summed E-state index contributed by atoms with van der Waals surface area (Å²) in [5.74, 6) is 1.40. The highest BCUT2D eigenvalue weighted by Gasteiger charge is 2.26. The molecule has 0 spiro atoms. The maximum atomic E-state index is 12.7. The maximum Gasteiger partial charge on any atom is 0.233 e. The quantitative estimate of drug-likeness (QED) is 0.567. The molecule has 3 heterocycles. The number of hydrogen-bond acceptors (Lipinski definition) is 6. The first-order valence-electron chi connectivity index (χ1n) is 10.2. The number of nitrogens with two attached hydrogens (primary N) is 1. The van der Waals surface area contributed by atoms with Gasteiger partial charge in [0.25, 0.3) is 0 Å². The fraction of sp³-hybridized carbons (Fsp3) is 0.364. The van der Waals surface area contributed by atoms with Gasteiger partial charge in [0.15, 0.2) is 11.0 Å². The minimum absolute atomic E-state index is 0.0258. The fourth-order valence-corrected chi connectivity index (χ4v) is 4.59. The van der Waals surface area contributed by atoms with E-state index in [1.165, 1.54) is 11.8 Å². The second-order valence-electron chi connectivity index (χ2n) is 7.63. The summed E-state index contributed by atoms with van der Waals surface area (Å²) in [6.07, 6.45) is 2.88. The van der Waals surface area contributed by atoms with Crippen LogP contribution in [0.4, 0.5) is 0 Å². The summed E-state index contributed by atoms with van der Waals surface area (Å²) in [7, 11) is 0. The molecule has 4 rings (SSSR count). The van der Waals surface area contributed by atoms with E-state index in [0.29, 0.717) is 37.6 Å². The van der Waals surface area contributed by atoms with E-state index in [2.05, 4.69) is 10.2 Å². The number of aryl methyl sites for hydroxylation is 1. The van der Waals surface area contributed by atoms with Gasteiger partial charge in [-0.15, -0.1) is 10.2 Å². The molecule has 2 N–H and O–H groups in total. The standard InChI is InChI=1S/C22H25N5O3S/c1-15-5-2-3-7-18(15)21-24-25-22(27(21)13-17-6-4-12-30-17)31-14-19(28)26-10-8-16(9-11-26)20(23)29/h2-7,12,16H,8-11,13-14H2,1H3,(H2,23,29). The van der Waals surface area contributed by atoms with Crippen LogP contribution in [0.5, 0.6) is 0 Å². The van der Waals surface area contributed by atoms with Crippen LogP contribution in [0.3, 0.4) is 0 Å². The van der Waals surface area contributed by atoms with Gasteiger partial charge in [0, 0.05) is 24.6 Å². The zero-order valence-corrected chi connectivity index (χ0v) is 18.2. The molecule has 1 fully saturated rings. The Bertz CT molecular complexity index is 1060. The smallest absolute Gasteiger partial charge is 0.233 e. The van der Waals surface area contributed by atoms with Crippen molar-refractivity contribution in [1.82, 2.24) is 19.7 Å². The lowest BCUT2D eigenvalue weighted by Gasteiger charge is -2.30. The lowest BCUT2D eigenvalue weighted by Crippen LogP contribution is -2.42. The summed E-state index contributed by atoms with van der Waals surface area (Å²) in [6.45, 7) is 3.62. The van der Waals surface area contributed by atoms with Crippen molar-refractivity contribution < 1.29 is 14.0 Å². The van der Waals surface area contributed by atoms with Crippen LogP contribution in [-0.2, 0) is 16.1 Å². The summed E-state index contributed by atoms with van der Waals surface area (Å²) in [5.41, 5.74) is 7.48. The van der Waals surface area contributed by atoms with E-state index in [1.54, 1.807) is 11.2 Å². The monoisotopic (exact) mass is 439 g/mol. The second-order valence-corrected chi connectivity index (χ2v) is 8.58. The van der Waals surface area contributed by atoms with E-state index in [0.717, 1.165) is 22.7 Å². The molecule has 0 unspecified atom stereocenters. The summed E-state index contributed by atoms with van der Waals surface area (Å²) in [4.78, 5) is 25.9. The topological polar surface area (TPSA) is 107 Å². The number of primary amides is 1. The highest BCUT2D eigenvalue weighted by Crippen LogP contribution is 2.28. The van der Waals surface area contributed by atoms with Gasteiger partial charge >= 0.3 is 0 Å². The summed E-state index contributed by atoms with van der Waals surface area (Å²) in [5, 5.41) is 9.45. The van der Waals surface area contributed by atoms with Crippen molar-refractivity contribution in [3.8, 4) is 11.4 Å². The molecule has 1 aliphatic heterocycles. The molecule has 1 saturated heterocycles. The Morgan fingerprint density at radius 3 is 2.61 bits per heavy atom. The number of rotatable bonds is 7. The zero-order chi connectivity index (χ0) is 21.8. The van der Waals surface area contributed by atoms with E-state index in [4.69, 9.17) is 10.2 Å². The summed E-state index contributed by atoms with van der Waals surface area (Å²) in [6, 6.07) is 11.8. The second kappa shape index (κ2) is 9.38. The summed E-state index contributed by atoms with van der Waals surface area (Å²) < 4.78 is 7.52. The number of amides is 2. The van der Waals surface area contributed by atoms with E-state index < -0.39 is 0 Å². The van der Waals surface area contributed by atoms with Gasteiger partial charge in [-0.25, -0.2) is 0 Å². The minimum Gasteiger partial charge on any atom is -0.467 e. The van der Waals surface area contributed by atoms with Crippen molar-refractivity contribution in [1.29, 1.82) is 0 Å². The first kappa shape index (κ1) is 21.2. The molecule has 0 saturated carbocycles. The molecule has 0 aliphatic carbocycles. The number of carbonyl (C=O) groups is 2. The van der Waals surface area contributed by atoms with Gasteiger partial charge in [0.2, 0.25) is 11.8 Å². The van der Waals surface area contributed by atoms with Crippen molar-refractivity contribution in [3.05, 3.63) is 54.0 Å². The largest absolute Gasteiger partial charge is 0.467 e.